The smallest absolute Gasteiger partial charge is 0.276 e. The summed E-state index contributed by atoms with van der Waals surface area (Å²) >= 11 is 0. The number of aryl methyl sites for hydroxylation is 1. The molecule has 0 saturated heterocycles. The van der Waals surface area contributed by atoms with Gasteiger partial charge in [-0.15, -0.1) is 0 Å². The van der Waals surface area contributed by atoms with Gasteiger partial charge in [-0.05, 0) is 18.9 Å². The summed E-state index contributed by atoms with van der Waals surface area (Å²) < 4.78 is 6.89. The van der Waals surface area contributed by atoms with E-state index >= 15 is 0 Å². The Labute approximate surface area is 92.6 Å². The first-order valence-electron chi connectivity index (χ1n) is 5.37. The second-order valence-corrected chi connectivity index (χ2v) is 4.01. The molecular formula is C10H13N5O. The molecule has 1 aliphatic rings. The van der Waals surface area contributed by atoms with Crippen molar-refractivity contribution in [2.75, 3.05) is 0 Å². The van der Waals surface area contributed by atoms with Crippen molar-refractivity contribution < 1.29 is 4.52 Å². The Morgan fingerprint density at radius 1 is 1.56 bits per heavy atom. The molecule has 2 heterocycles. The fraction of sp³-hybridized carbons (Fsp3) is 0.500. The van der Waals surface area contributed by atoms with Gasteiger partial charge in [0.1, 0.15) is 5.69 Å². The van der Waals surface area contributed by atoms with Crippen LogP contribution in [-0.2, 0) is 13.6 Å². The van der Waals surface area contributed by atoms with Crippen molar-refractivity contribution >= 4 is 0 Å². The van der Waals surface area contributed by atoms with Crippen LogP contribution in [0.4, 0.5) is 0 Å². The molecule has 0 bridgehead atoms. The molecule has 0 spiro atoms. The van der Waals surface area contributed by atoms with Crippen molar-refractivity contribution in [2.24, 2.45) is 7.05 Å². The predicted molar refractivity (Wildman–Crippen MR) is 56.4 cm³/mol. The highest BCUT2D eigenvalue weighted by Crippen LogP contribution is 2.19. The van der Waals surface area contributed by atoms with Crippen LogP contribution < -0.4 is 5.32 Å². The zero-order valence-corrected chi connectivity index (χ0v) is 9.05. The van der Waals surface area contributed by atoms with Crippen molar-refractivity contribution in [3.05, 3.63) is 18.1 Å². The lowest BCUT2D eigenvalue weighted by atomic mass is 10.4. The van der Waals surface area contributed by atoms with Gasteiger partial charge in [-0.25, -0.2) is 0 Å². The maximum atomic E-state index is 5.18. The quantitative estimate of drug-likeness (QED) is 0.820. The minimum absolute atomic E-state index is 0.521. The first-order chi connectivity index (χ1) is 7.83. The number of rotatable bonds is 4. The average Bonchev–Trinajstić information content (AvgIpc) is 2.82. The van der Waals surface area contributed by atoms with E-state index in [0.717, 1.165) is 5.69 Å². The van der Waals surface area contributed by atoms with Crippen molar-refractivity contribution in [1.82, 2.24) is 25.2 Å². The van der Waals surface area contributed by atoms with Crippen molar-refractivity contribution in [3.8, 4) is 11.6 Å². The molecule has 1 N–H and O–H groups in total. The number of nitrogens with zero attached hydrogens (tertiary/aromatic N) is 4. The predicted octanol–water partition coefficient (Wildman–Crippen LogP) is 0.722. The van der Waals surface area contributed by atoms with Crippen LogP contribution in [0.3, 0.4) is 0 Å². The third-order valence-corrected chi connectivity index (χ3v) is 2.63. The van der Waals surface area contributed by atoms with Gasteiger partial charge in [0.2, 0.25) is 0 Å². The van der Waals surface area contributed by atoms with Gasteiger partial charge in [-0.2, -0.15) is 10.1 Å². The number of aromatic nitrogens is 4. The summed E-state index contributed by atoms with van der Waals surface area (Å²) in [5.74, 6) is 1.22. The molecule has 0 aromatic carbocycles. The molecule has 6 heteroatoms. The van der Waals surface area contributed by atoms with Crippen LogP contribution in [0.25, 0.3) is 11.6 Å². The SMILES string of the molecule is Cn1nccc1-c1nc(CNC2CC2)no1. The molecule has 1 aliphatic carbocycles. The summed E-state index contributed by atoms with van der Waals surface area (Å²) in [7, 11) is 1.85. The fourth-order valence-corrected chi connectivity index (χ4v) is 1.54. The summed E-state index contributed by atoms with van der Waals surface area (Å²) in [6, 6.07) is 2.50. The van der Waals surface area contributed by atoms with E-state index < -0.39 is 0 Å². The largest absolute Gasteiger partial charge is 0.332 e. The maximum absolute atomic E-state index is 5.18. The summed E-state index contributed by atoms with van der Waals surface area (Å²) in [5.41, 5.74) is 0.838. The zero-order valence-electron chi connectivity index (χ0n) is 9.05. The van der Waals surface area contributed by atoms with Crippen LogP contribution in [-0.4, -0.2) is 26.0 Å². The molecule has 0 radical (unpaired) electrons. The first kappa shape index (κ1) is 9.53. The van der Waals surface area contributed by atoms with Gasteiger partial charge < -0.3 is 9.84 Å². The Bertz CT molecular complexity index is 485. The molecule has 2 aromatic heterocycles. The summed E-state index contributed by atoms with van der Waals surface area (Å²) in [4.78, 5) is 4.31. The van der Waals surface area contributed by atoms with Crippen LogP contribution in [0.1, 0.15) is 18.7 Å². The highest BCUT2D eigenvalue weighted by Gasteiger charge is 2.21. The summed E-state index contributed by atoms with van der Waals surface area (Å²) in [6.45, 7) is 0.673. The van der Waals surface area contributed by atoms with Gasteiger partial charge in [0, 0.05) is 19.3 Å². The molecule has 6 nitrogen and oxygen atoms in total. The van der Waals surface area contributed by atoms with Gasteiger partial charge >= 0.3 is 0 Å². The molecule has 0 unspecified atom stereocenters. The van der Waals surface area contributed by atoms with E-state index in [9.17, 15) is 0 Å². The second-order valence-electron chi connectivity index (χ2n) is 4.01. The third kappa shape index (κ3) is 1.83. The molecule has 0 aliphatic heterocycles. The lowest BCUT2D eigenvalue weighted by Gasteiger charge is -1.95. The molecule has 1 fully saturated rings. The lowest BCUT2D eigenvalue weighted by Crippen LogP contribution is -2.16. The molecular weight excluding hydrogens is 206 g/mol. The van der Waals surface area contributed by atoms with E-state index in [1.54, 1.807) is 10.9 Å². The average molecular weight is 219 g/mol. The first-order valence-corrected chi connectivity index (χ1v) is 5.37. The molecule has 16 heavy (non-hydrogen) atoms. The Morgan fingerprint density at radius 3 is 3.12 bits per heavy atom. The van der Waals surface area contributed by atoms with Gasteiger partial charge in [-0.1, -0.05) is 5.16 Å². The number of hydrogen-bond donors (Lipinski definition) is 1. The fourth-order valence-electron chi connectivity index (χ4n) is 1.54. The van der Waals surface area contributed by atoms with Crippen molar-refractivity contribution in [1.29, 1.82) is 0 Å². The minimum atomic E-state index is 0.521. The normalized spacial score (nSPS) is 15.6. The van der Waals surface area contributed by atoms with Crippen LogP contribution >= 0.6 is 0 Å². The van der Waals surface area contributed by atoms with Gasteiger partial charge in [0.15, 0.2) is 5.82 Å². The highest BCUT2D eigenvalue weighted by atomic mass is 16.5. The molecule has 2 aromatic rings. The number of nitrogens with one attached hydrogen (secondary N) is 1. The lowest BCUT2D eigenvalue weighted by molar-refractivity contribution is 0.416. The van der Waals surface area contributed by atoms with E-state index in [4.69, 9.17) is 4.52 Å². The van der Waals surface area contributed by atoms with E-state index in [1.165, 1.54) is 12.8 Å². The van der Waals surface area contributed by atoms with Crippen LogP contribution in [0.5, 0.6) is 0 Å². The van der Waals surface area contributed by atoms with Crippen molar-refractivity contribution in [2.45, 2.75) is 25.4 Å². The van der Waals surface area contributed by atoms with Crippen LogP contribution in [0.15, 0.2) is 16.8 Å². The monoisotopic (exact) mass is 219 g/mol. The maximum Gasteiger partial charge on any atom is 0.276 e. The van der Waals surface area contributed by atoms with E-state index in [-0.39, 0.29) is 0 Å². The Hall–Kier alpha value is -1.69. The van der Waals surface area contributed by atoms with Gasteiger partial charge in [0.25, 0.3) is 5.89 Å². The van der Waals surface area contributed by atoms with Crippen LogP contribution in [0, 0.1) is 0 Å². The van der Waals surface area contributed by atoms with E-state index in [2.05, 4.69) is 20.6 Å². The van der Waals surface area contributed by atoms with E-state index in [0.29, 0.717) is 24.3 Å². The van der Waals surface area contributed by atoms with Gasteiger partial charge in [0.05, 0.1) is 6.54 Å². The zero-order chi connectivity index (χ0) is 11.0. The Balaban J connectivity index is 1.74. The Kier molecular flexibility index (Phi) is 2.21. The summed E-state index contributed by atoms with van der Waals surface area (Å²) in [5, 5.41) is 11.3. The van der Waals surface area contributed by atoms with Gasteiger partial charge in [-0.3, -0.25) is 4.68 Å². The molecule has 1 saturated carbocycles. The van der Waals surface area contributed by atoms with Crippen molar-refractivity contribution in [3.63, 3.8) is 0 Å². The minimum Gasteiger partial charge on any atom is -0.332 e. The standard InChI is InChI=1S/C10H13N5O/c1-15-8(4-5-12-15)10-13-9(14-16-10)6-11-7-2-3-7/h4-5,7,11H,2-3,6H2,1H3. The van der Waals surface area contributed by atoms with E-state index in [1.807, 2.05) is 13.1 Å². The molecule has 3 rings (SSSR count). The topological polar surface area (TPSA) is 68.8 Å². The molecule has 84 valence electrons. The van der Waals surface area contributed by atoms with Crippen LogP contribution in [0.2, 0.25) is 0 Å². The molecule has 0 atom stereocenters. The second kappa shape index (κ2) is 3.71. The summed E-state index contributed by atoms with van der Waals surface area (Å²) in [6.07, 6.45) is 4.22. The molecule has 0 amide bonds. The Morgan fingerprint density at radius 2 is 2.44 bits per heavy atom. The number of hydrogen-bond acceptors (Lipinski definition) is 5. The highest BCUT2D eigenvalue weighted by molar-refractivity contribution is 5.45. The third-order valence-electron chi connectivity index (χ3n) is 2.63.